The molecule has 0 unspecified atom stereocenters. The first kappa shape index (κ1) is 12.4. The van der Waals surface area contributed by atoms with Gasteiger partial charge in [-0.05, 0) is 23.8 Å². The molecule has 0 saturated carbocycles. The van der Waals surface area contributed by atoms with Crippen molar-refractivity contribution in [2.24, 2.45) is 0 Å². The van der Waals surface area contributed by atoms with Gasteiger partial charge in [-0.25, -0.2) is 0 Å². The van der Waals surface area contributed by atoms with Gasteiger partial charge >= 0.3 is 0 Å². The van der Waals surface area contributed by atoms with Crippen LogP contribution >= 0.6 is 0 Å². The molecular weight excluding hydrogens is 250 g/mol. The summed E-state index contributed by atoms with van der Waals surface area (Å²) in [6.07, 6.45) is 1.88. The Bertz CT molecular complexity index is 702. The van der Waals surface area contributed by atoms with Crippen molar-refractivity contribution in [2.45, 2.75) is 6.42 Å². The van der Waals surface area contributed by atoms with Gasteiger partial charge in [-0.2, -0.15) is 0 Å². The van der Waals surface area contributed by atoms with E-state index in [1.807, 2.05) is 30.3 Å². The van der Waals surface area contributed by atoms with E-state index in [2.05, 4.69) is 5.32 Å². The van der Waals surface area contributed by atoms with Gasteiger partial charge in [0.25, 0.3) is 0 Å². The zero-order valence-corrected chi connectivity index (χ0v) is 10.8. The minimum Gasteiger partial charge on any atom is -0.325 e. The number of Topliss-reactive ketones (excluding diaryl/α,β-unsaturated/α-hetero) is 1. The summed E-state index contributed by atoms with van der Waals surface area (Å²) in [7, 11) is 0. The largest absolute Gasteiger partial charge is 0.325 e. The van der Waals surface area contributed by atoms with Crippen molar-refractivity contribution in [1.82, 2.24) is 0 Å². The maximum absolute atomic E-state index is 12.5. The fourth-order valence-electron chi connectivity index (χ4n) is 2.28. The Morgan fingerprint density at radius 1 is 0.900 bits per heavy atom. The van der Waals surface area contributed by atoms with Gasteiger partial charge in [0, 0.05) is 11.1 Å². The van der Waals surface area contributed by atoms with E-state index in [0.29, 0.717) is 16.8 Å². The number of carbonyl (C=O) groups excluding carboxylic acids is 2. The molecular formula is C17H13NO2. The van der Waals surface area contributed by atoms with Gasteiger partial charge in [-0.3, -0.25) is 9.59 Å². The first-order chi connectivity index (χ1) is 9.74. The number of fused-ring (bicyclic) bond motifs is 1. The van der Waals surface area contributed by atoms with Crippen molar-refractivity contribution in [2.75, 3.05) is 5.32 Å². The molecule has 2 aromatic carbocycles. The summed E-state index contributed by atoms with van der Waals surface area (Å²) in [4.78, 5) is 24.4. The van der Waals surface area contributed by atoms with E-state index in [-0.39, 0.29) is 18.1 Å². The van der Waals surface area contributed by atoms with Gasteiger partial charge < -0.3 is 5.32 Å². The number of hydrogen-bond acceptors (Lipinski definition) is 2. The Balaban J connectivity index is 2.07. The van der Waals surface area contributed by atoms with Crippen LogP contribution < -0.4 is 5.32 Å². The topological polar surface area (TPSA) is 46.2 Å². The normalized spacial score (nSPS) is 16.5. The highest BCUT2D eigenvalue weighted by molar-refractivity contribution is 6.20. The minimum atomic E-state index is -0.162. The number of hydrogen-bond donors (Lipinski definition) is 1. The Morgan fingerprint density at radius 3 is 2.40 bits per heavy atom. The van der Waals surface area contributed by atoms with E-state index in [9.17, 15) is 9.59 Å². The fourth-order valence-corrected chi connectivity index (χ4v) is 2.28. The summed E-state index contributed by atoms with van der Waals surface area (Å²) in [6.45, 7) is 0. The molecule has 2 aromatic rings. The van der Waals surface area contributed by atoms with Crippen LogP contribution in [-0.2, 0) is 4.79 Å². The predicted octanol–water partition coefficient (Wildman–Crippen LogP) is 3.30. The van der Waals surface area contributed by atoms with Crippen molar-refractivity contribution in [3.63, 3.8) is 0 Å². The van der Waals surface area contributed by atoms with Crippen LogP contribution in [0.4, 0.5) is 5.69 Å². The Morgan fingerprint density at radius 2 is 1.60 bits per heavy atom. The number of benzene rings is 2. The maximum Gasteiger partial charge on any atom is 0.228 e. The summed E-state index contributed by atoms with van der Waals surface area (Å²) in [5, 5.41) is 2.77. The first-order valence-corrected chi connectivity index (χ1v) is 6.43. The number of anilines is 1. The fraction of sp³-hybridized carbons (Fsp3) is 0.0588. The number of rotatable bonds is 1. The number of carbonyl (C=O) groups is 2. The molecule has 3 nitrogen and oxygen atoms in total. The molecule has 3 rings (SSSR count). The summed E-state index contributed by atoms with van der Waals surface area (Å²) < 4.78 is 0. The van der Waals surface area contributed by atoms with E-state index < -0.39 is 0 Å². The van der Waals surface area contributed by atoms with Gasteiger partial charge in [0.2, 0.25) is 5.91 Å². The highest BCUT2D eigenvalue weighted by Gasteiger charge is 2.23. The minimum absolute atomic E-state index is 0.0946. The van der Waals surface area contributed by atoms with Crippen LogP contribution in [0.3, 0.4) is 0 Å². The SMILES string of the molecule is O=C1C/C(=C\c2ccccc2)C(=O)c2ccccc2N1. The molecule has 1 heterocycles. The molecule has 3 heteroatoms. The lowest BCUT2D eigenvalue weighted by atomic mass is 9.99. The van der Waals surface area contributed by atoms with Crippen molar-refractivity contribution in [1.29, 1.82) is 0 Å². The molecule has 0 aromatic heterocycles. The Kier molecular flexibility index (Phi) is 3.17. The van der Waals surface area contributed by atoms with Crippen LogP contribution in [0.25, 0.3) is 6.08 Å². The smallest absolute Gasteiger partial charge is 0.228 e. The molecule has 0 bridgehead atoms. The third kappa shape index (κ3) is 2.38. The van der Waals surface area contributed by atoms with Gasteiger partial charge in [-0.15, -0.1) is 0 Å². The lowest BCUT2D eigenvalue weighted by Crippen LogP contribution is -2.10. The van der Waals surface area contributed by atoms with E-state index in [1.165, 1.54) is 0 Å². The van der Waals surface area contributed by atoms with E-state index in [1.54, 1.807) is 30.3 Å². The van der Waals surface area contributed by atoms with Crippen LogP contribution in [0, 0.1) is 0 Å². The molecule has 0 fully saturated rings. The van der Waals surface area contributed by atoms with Gasteiger partial charge in [0.1, 0.15) is 0 Å². The summed E-state index contributed by atoms with van der Waals surface area (Å²) in [6, 6.07) is 16.6. The zero-order valence-electron chi connectivity index (χ0n) is 10.8. The van der Waals surface area contributed by atoms with Crippen LogP contribution in [0.1, 0.15) is 22.3 Å². The van der Waals surface area contributed by atoms with Crippen molar-refractivity contribution in [3.8, 4) is 0 Å². The molecule has 98 valence electrons. The van der Waals surface area contributed by atoms with E-state index >= 15 is 0 Å². The molecule has 0 radical (unpaired) electrons. The van der Waals surface area contributed by atoms with E-state index in [4.69, 9.17) is 0 Å². The Hall–Kier alpha value is -2.68. The van der Waals surface area contributed by atoms with Crippen LogP contribution in [-0.4, -0.2) is 11.7 Å². The molecule has 20 heavy (non-hydrogen) atoms. The first-order valence-electron chi connectivity index (χ1n) is 6.43. The standard InChI is InChI=1S/C17H13NO2/c19-16-11-13(10-12-6-2-1-3-7-12)17(20)14-8-4-5-9-15(14)18-16/h1-10H,11H2,(H,18,19)/b13-10+. The average Bonchev–Trinajstić information content (AvgIpc) is 2.58. The number of ketones is 1. The third-order valence-electron chi connectivity index (χ3n) is 3.23. The second-order valence-electron chi connectivity index (χ2n) is 4.68. The Labute approximate surface area is 116 Å². The number of nitrogens with one attached hydrogen (secondary N) is 1. The zero-order chi connectivity index (χ0) is 13.9. The second-order valence-corrected chi connectivity index (χ2v) is 4.68. The lowest BCUT2D eigenvalue weighted by molar-refractivity contribution is -0.115. The molecule has 0 aliphatic carbocycles. The van der Waals surface area contributed by atoms with Gasteiger partial charge in [0.15, 0.2) is 5.78 Å². The molecule has 1 N–H and O–H groups in total. The predicted molar refractivity (Wildman–Crippen MR) is 78.4 cm³/mol. The average molecular weight is 263 g/mol. The highest BCUT2D eigenvalue weighted by Crippen LogP contribution is 2.25. The van der Waals surface area contributed by atoms with Crippen LogP contribution in [0.2, 0.25) is 0 Å². The third-order valence-corrected chi connectivity index (χ3v) is 3.23. The maximum atomic E-state index is 12.5. The summed E-state index contributed by atoms with van der Waals surface area (Å²) >= 11 is 0. The number of para-hydroxylation sites is 1. The molecule has 1 amide bonds. The monoisotopic (exact) mass is 263 g/mol. The second kappa shape index (κ2) is 5.13. The van der Waals surface area contributed by atoms with E-state index in [0.717, 1.165) is 5.56 Å². The molecule has 1 aliphatic heterocycles. The lowest BCUT2D eigenvalue weighted by Gasteiger charge is -2.04. The van der Waals surface area contributed by atoms with Crippen molar-refractivity contribution < 1.29 is 9.59 Å². The van der Waals surface area contributed by atoms with Crippen LogP contribution in [0.5, 0.6) is 0 Å². The van der Waals surface area contributed by atoms with Crippen molar-refractivity contribution in [3.05, 3.63) is 71.3 Å². The summed E-state index contributed by atoms with van der Waals surface area (Å²) in [5.74, 6) is -0.256. The van der Waals surface area contributed by atoms with Gasteiger partial charge in [-0.1, -0.05) is 42.5 Å². The highest BCUT2D eigenvalue weighted by atomic mass is 16.2. The molecule has 0 saturated heterocycles. The molecule has 1 aliphatic rings. The molecule has 0 spiro atoms. The van der Waals surface area contributed by atoms with Gasteiger partial charge in [0.05, 0.1) is 12.1 Å². The number of amides is 1. The quantitative estimate of drug-likeness (QED) is 0.802. The van der Waals surface area contributed by atoms with Crippen molar-refractivity contribution >= 4 is 23.5 Å². The summed E-state index contributed by atoms with van der Waals surface area (Å²) in [5.41, 5.74) is 2.56. The molecule has 0 atom stereocenters. The van der Waals surface area contributed by atoms with Crippen LogP contribution in [0.15, 0.2) is 60.2 Å².